The lowest BCUT2D eigenvalue weighted by molar-refractivity contribution is -0.114. The van der Waals surface area contributed by atoms with Gasteiger partial charge in [-0.25, -0.2) is 8.78 Å². The Balaban J connectivity index is 1.92. The molecule has 0 aliphatic heterocycles. The van der Waals surface area contributed by atoms with Crippen molar-refractivity contribution in [1.29, 1.82) is 0 Å². The highest BCUT2D eigenvalue weighted by molar-refractivity contribution is 5.93. The maximum Gasteiger partial charge on any atom is 0.243 e. The Morgan fingerprint density at radius 1 is 1.05 bits per heavy atom. The standard InChI is InChI=1S/C15H14F2N2O/c1-10-3-2-4-13(5-10)19-15(20)9-18-14-7-11(16)6-12(17)8-14/h2-8,18H,9H2,1H3,(H,19,20). The van der Waals surface area contributed by atoms with Crippen LogP contribution in [0.5, 0.6) is 0 Å². The van der Waals surface area contributed by atoms with Gasteiger partial charge < -0.3 is 10.6 Å². The van der Waals surface area contributed by atoms with Gasteiger partial charge in [0.25, 0.3) is 0 Å². The molecule has 20 heavy (non-hydrogen) atoms. The van der Waals surface area contributed by atoms with Crippen LogP contribution in [0.25, 0.3) is 0 Å². The van der Waals surface area contributed by atoms with E-state index in [0.717, 1.165) is 23.8 Å². The molecule has 5 heteroatoms. The highest BCUT2D eigenvalue weighted by atomic mass is 19.1. The molecule has 0 atom stereocenters. The van der Waals surface area contributed by atoms with Gasteiger partial charge in [-0.1, -0.05) is 12.1 Å². The first kappa shape index (κ1) is 14.0. The second-order valence-electron chi connectivity index (χ2n) is 4.43. The van der Waals surface area contributed by atoms with Gasteiger partial charge in [-0.2, -0.15) is 0 Å². The number of halogens is 2. The molecule has 0 heterocycles. The Kier molecular flexibility index (Phi) is 4.30. The first-order chi connectivity index (χ1) is 9.52. The number of hydrogen-bond donors (Lipinski definition) is 2. The lowest BCUT2D eigenvalue weighted by Crippen LogP contribution is -2.21. The summed E-state index contributed by atoms with van der Waals surface area (Å²) in [4.78, 5) is 11.7. The molecule has 104 valence electrons. The third kappa shape index (κ3) is 4.05. The molecule has 0 spiro atoms. The molecule has 0 saturated carbocycles. The fraction of sp³-hybridized carbons (Fsp3) is 0.133. The van der Waals surface area contributed by atoms with E-state index in [1.54, 1.807) is 6.07 Å². The van der Waals surface area contributed by atoms with Crippen LogP contribution in [0.15, 0.2) is 42.5 Å². The molecule has 0 fully saturated rings. The van der Waals surface area contributed by atoms with Gasteiger partial charge in [-0.15, -0.1) is 0 Å². The number of aryl methyl sites for hydroxylation is 1. The summed E-state index contributed by atoms with van der Waals surface area (Å²) in [6.45, 7) is 1.85. The van der Waals surface area contributed by atoms with Crippen LogP contribution in [-0.2, 0) is 4.79 Å². The van der Waals surface area contributed by atoms with Crippen LogP contribution in [0.1, 0.15) is 5.56 Å². The molecule has 0 radical (unpaired) electrons. The number of benzene rings is 2. The maximum absolute atomic E-state index is 13.0. The average molecular weight is 276 g/mol. The SMILES string of the molecule is Cc1cccc(NC(=O)CNc2cc(F)cc(F)c2)c1. The van der Waals surface area contributed by atoms with Crippen molar-refractivity contribution < 1.29 is 13.6 Å². The average Bonchev–Trinajstić information content (AvgIpc) is 2.35. The molecule has 0 aliphatic carbocycles. The van der Waals surface area contributed by atoms with Gasteiger partial charge in [0.2, 0.25) is 5.91 Å². The van der Waals surface area contributed by atoms with E-state index in [9.17, 15) is 13.6 Å². The van der Waals surface area contributed by atoms with E-state index in [2.05, 4.69) is 10.6 Å². The van der Waals surface area contributed by atoms with Crippen molar-refractivity contribution in [2.24, 2.45) is 0 Å². The van der Waals surface area contributed by atoms with Crippen molar-refractivity contribution in [2.75, 3.05) is 17.2 Å². The summed E-state index contributed by atoms with van der Waals surface area (Å²) in [5.41, 5.74) is 1.94. The predicted octanol–water partition coefficient (Wildman–Crippen LogP) is 3.32. The van der Waals surface area contributed by atoms with E-state index in [1.807, 2.05) is 25.1 Å². The zero-order chi connectivity index (χ0) is 14.5. The van der Waals surface area contributed by atoms with Gasteiger partial charge in [0.1, 0.15) is 11.6 Å². The van der Waals surface area contributed by atoms with Crippen LogP contribution in [0, 0.1) is 18.6 Å². The monoisotopic (exact) mass is 276 g/mol. The lowest BCUT2D eigenvalue weighted by atomic mass is 10.2. The van der Waals surface area contributed by atoms with Crippen LogP contribution in [0.4, 0.5) is 20.2 Å². The number of carbonyl (C=O) groups is 1. The van der Waals surface area contributed by atoms with Crippen LogP contribution < -0.4 is 10.6 Å². The summed E-state index contributed by atoms with van der Waals surface area (Å²) in [7, 11) is 0. The van der Waals surface area contributed by atoms with Crippen molar-refractivity contribution in [3.05, 3.63) is 59.7 Å². The number of amides is 1. The van der Waals surface area contributed by atoms with E-state index >= 15 is 0 Å². The summed E-state index contributed by atoms with van der Waals surface area (Å²) >= 11 is 0. The first-order valence-electron chi connectivity index (χ1n) is 6.09. The van der Waals surface area contributed by atoms with Crippen LogP contribution in [-0.4, -0.2) is 12.5 Å². The van der Waals surface area contributed by atoms with Crippen molar-refractivity contribution in [3.63, 3.8) is 0 Å². The van der Waals surface area contributed by atoms with Crippen molar-refractivity contribution in [2.45, 2.75) is 6.92 Å². The molecular formula is C15H14F2N2O. The van der Waals surface area contributed by atoms with Gasteiger partial charge in [0.05, 0.1) is 6.54 Å². The summed E-state index contributed by atoms with van der Waals surface area (Å²) in [6.07, 6.45) is 0. The second-order valence-corrected chi connectivity index (χ2v) is 4.43. The minimum Gasteiger partial charge on any atom is -0.376 e. The molecule has 0 bridgehead atoms. The Hall–Kier alpha value is -2.43. The van der Waals surface area contributed by atoms with E-state index in [-0.39, 0.29) is 18.1 Å². The molecule has 0 aliphatic rings. The van der Waals surface area contributed by atoms with Gasteiger partial charge in [-0.3, -0.25) is 4.79 Å². The molecule has 0 unspecified atom stereocenters. The summed E-state index contributed by atoms with van der Waals surface area (Å²) in [6, 6.07) is 10.4. The normalized spacial score (nSPS) is 10.2. The molecule has 2 aromatic carbocycles. The zero-order valence-electron chi connectivity index (χ0n) is 10.9. The Morgan fingerprint density at radius 2 is 1.75 bits per heavy atom. The fourth-order valence-electron chi connectivity index (χ4n) is 1.77. The molecule has 2 aromatic rings. The predicted molar refractivity (Wildman–Crippen MR) is 74.7 cm³/mol. The van der Waals surface area contributed by atoms with Gasteiger partial charge >= 0.3 is 0 Å². The van der Waals surface area contributed by atoms with Crippen LogP contribution >= 0.6 is 0 Å². The minimum atomic E-state index is -0.688. The third-order valence-corrected chi connectivity index (χ3v) is 2.62. The quantitative estimate of drug-likeness (QED) is 0.899. The van der Waals surface area contributed by atoms with Gasteiger partial charge in [0, 0.05) is 17.4 Å². The summed E-state index contributed by atoms with van der Waals surface area (Å²) < 4.78 is 25.9. The highest BCUT2D eigenvalue weighted by Gasteiger charge is 2.04. The lowest BCUT2D eigenvalue weighted by Gasteiger charge is -2.08. The minimum absolute atomic E-state index is 0.0726. The molecule has 3 nitrogen and oxygen atoms in total. The van der Waals surface area contributed by atoms with Crippen molar-refractivity contribution >= 4 is 17.3 Å². The van der Waals surface area contributed by atoms with Gasteiger partial charge in [-0.05, 0) is 36.8 Å². The zero-order valence-corrected chi connectivity index (χ0v) is 10.9. The van der Waals surface area contributed by atoms with E-state index < -0.39 is 11.6 Å². The maximum atomic E-state index is 13.0. The number of carbonyl (C=O) groups excluding carboxylic acids is 1. The second kappa shape index (κ2) is 6.14. The fourth-order valence-corrected chi connectivity index (χ4v) is 1.77. The van der Waals surface area contributed by atoms with E-state index in [1.165, 1.54) is 0 Å². The number of anilines is 2. The Labute approximate surface area is 115 Å². The summed E-state index contributed by atoms with van der Waals surface area (Å²) in [5.74, 6) is -1.67. The highest BCUT2D eigenvalue weighted by Crippen LogP contribution is 2.13. The Morgan fingerprint density at radius 3 is 2.40 bits per heavy atom. The van der Waals surface area contributed by atoms with Crippen LogP contribution in [0.2, 0.25) is 0 Å². The number of rotatable bonds is 4. The molecule has 0 saturated heterocycles. The molecule has 2 rings (SSSR count). The largest absolute Gasteiger partial charge is 0.376 e. The van der Waals surface area contributed by atoms with Gasteiger partial charge in [0.15, 0.2) is 0 Å². The smallest absolute Gasteiger partial charge is 0.243 e. The van der Waals surface area contributed by atoms with Crippen molar-refractivity contribution in [3.8, 4) is 0 Å². The molecule has 0 aromatic heterocycles. The topological polar surface area (TPSA) is 41.1 Å². The number of hydrogen-bond acceptors (Lipinski definition) is 2. The first-order valence-corrected chi connectivity index (χ1v) is 6.09. The molecular weight excluding hydrogens is 262 g/mol. The van der Waals surface area contributed by atoms with Crippen molar-refractivity contribution in [1.82, 2.24) is 0 Å². The molecule has 1 amide bonds. The Bertz CT molecular complexity index is 609. The van der Waals surface area contributed by atoms with E-state index in [0.29, 0.717) is 5.69 Å². The van der Waals surface area contributed by atoms with E-state index in [4.69, 9.17) is 0 Å². The molecule has 2 N–H and O–H groups in total. The van der Waals surface area contributed by atoms with Crippen LogP contribution in [0.3, 0.4) is 0 Å². The summed E-state index contributed by atoms with van der Waals surface area (Å²) in [5, 5.41) is 5.36. The number of nitrogens with one attached hydrogen (secondary N) is 2. The third-order valence-electron chi connectivity index (χ3n) is 2.62.